The Kier molecular flexibility index (Phi) is 7.50. The van der Waals surface area contributed by atoms with Crippen LogP contribution in [0.3, 0.4) is 0 Å². The molecule has 0 aliphatic heterocycles. The van der Waals surface area contributed by atoms with Gasteiger partial charge in [-0.2, -0.15) is 5.10 Å². The topological polar surface area (TPSA) is 120 Å². The highest BCUT2D eigenvalue weighted by Gasteiger charge is 2.04. The van der Waals surface area contributed by atoms with Crippen molar-refractivity contribution in [3.63, 3.8) is 0 Å². The van der Waals surface area contributed by atoms with Gasteiger partial charge in [0.25, 0.3) is 11.8 Å². The van der Waals surface area contributed by atoms with Crippen LogP contribution in [0.25, 0.3) is 12.2 Å². The Morgan fingerprint density at radius 2 is 1.89 bits per heavy atom. The summed E-state index contributed by atoms with van der Waals surface area (Å²) in [6.07, 6.45) is 7.36. The monoisotopic (exact) mass is 381 g/mol. The van der Waals surface area contributed by atoms with Crippen LogP contribution in [0.4, 0.5) is 0 Å². The second-order valence-electron chi connectivity index (χ2n) is 5.44. The van der Waals surface area contributed by atoms with E-state index in [4.69, 9.17) is 9.94 Å². The number of phenols is 1. The summed E-state index contributed by atoms with van der Waals surface area (Å²) in [5.41, 5.74) is 5.64. The Morgan fingerprint density at radius 1 is 1.11 bits per heavy atom. The van der Waals surface area contributed by atoms with Crippen LogP contribution in [0.5, 0.6) is 11.5 Å². The lowest BCUT2D eigenvalue weighted by Gasteiger charge is -2.03. The Balaban J connectivity index is 1.94. The van der Waals surface area contributed by atoms with Gasteiger partial charge in [0.15, 0.2) is 11.5 Å². The highest BCUT2D eigenvalue weighted by molar-refractivity contribution is 5.96. The van der Waals surface area contributed by atoms with E-state index in [1.807, 2.05) is 0 Å². The third-order valence-corrected chi connectivity index (χ3v) is 3.51. The molecule has 0 bridgehead atoms. The van der Waals surface area contributed by atoms with Gasteiger partial charge in [-0.3, -0.25) is 14.8 Å². The van der Waals surface area contributed by atoms with E-state index in [0.29, 0.717) is 16.9 Å². The number of phenolic OH excluding ortho intramolecular Hbond substituents is 1. The lowest BCUT2D eigenvalue weighted by Crippen LogP contribution is -2.17. The molecule has 2 rings (SSSR count). The van der Waals surface area contributed by atoms with Crippen LogP contribution in [0, 0.1) is 0 Å². The van der Waals surface area contributed by atoms with Crippen molar-refractivity contribution in [2.75, 3.05) is 7.11 Å². The number of ether oxygens (including phenoxy) is 1. The van der Waals surface area contributed by atoms with Gasteiger partial charge in [0.1, 0.15) is 0 Å². The fourth-order valence-electron chi connectivity index (χ4n) is 2.15. The zero-order chi connectivity index (χ0) is 20.4. The fourth-order valence-corrected chi connectivity index (χ4v) is 2.15. The number of amides is 2. The molecular weight excluding hydrogens is 362 g/mol. The summed E-state index contributed by atoms with van der Waals surface area (Å²) in [4.78, 5) is 23.1. The third kappa shape index (κ3) is 6.11. The third-order valence-electron chi connectivity index (χ3n) is 3.51. The number of rotatable bonds is 7. The number of hydrogen-bond donors (Lipinski definition) is 4. The molecule has 0 saturated carbocycles. The fraction of sp³-hybridized carbons (Fsp3) is 0.0500. The number of hydroxylamine groups is 1. The summed E-state index contributed by atoms with van der Waals surface area (Å²) in [5, 5.41) is 21.8. The number of methoxy groups -OCH3 is 1. The molecule has 8 nitrogen and oxygen atoms in total. The number of hydrazone groups is 1. The molecule has 0 aliphatic rings. The lowest BCUT2D eigenvalue weighted by molar-refractivity contribution is -0.124. The van der Waals surface area contributed by atoms with E-state index >= 15 is 0 Å². The van der Waals surface area contributed by atoms with E-state index in [-0.39, 0.29) is 5.75 Å². The van der Waals surface area contributed by atoms with Crippen molar-refractivity contribution < 1.29 is 24.6 Å². The number of aromatic hydroxyl groups is 1. The first-order valence-electron chi connectivity index (χ1n) is 8.13. The van der Waals surface area contributed by atoms with Crippen molar-refractivity contribution in [3.8, 4) is 11.5 Å². The number of carbonyl (C=O) groups is 2. The van der Waals surface area contributed by atoms with Crippen LogP contribution in [0.1, 0.15) is 21.5 Å². The number of hydrogen-bond acceptors (Lipinski definition) is 6. The van der Waals surface area contributed by atoms with Gasteiger partial charge in [0, 0.05) is 17.9 Å². The molecule has 0 unspecified atom stereocenters. The van der Waals surface area contributed by atoms with Crippen molar-refractivity contribution in [3.05, 3.63) is 71.3 Å². The van der Waals surface area contributed by atoms with Crippen LogP contribution >= 0.6 is 0 Å². The predicted molar refractivity (Wildman–Crippen MR) is 105 cm³/mol. The maximum absolute atomic E-state index is 12.1. The van der Waals surface area contributed by atoms with Crippen LogP contribution < -0.4 is 15.6 Å². The molecule has 0 atom stereocenters. The number of nitrogens with zero attached hydrogens (tertiary/aromatic N) is 1. The molecule has 0 radical (unpaired) electrons. The van der Waals surface area contributed by atoms with Crippen LogP contribution in [-0.2, 0) is 4.79 Å². The largest absolute Gasteiger partial charge is 0.504 e. The van der Waals surface area contributed by atoms with Gasteiger partial charge in [-0.05, 0) is 47.5 Å². The van der Waals surface area contributed by atoms with Crippen LogP contribution in [0.15, 0.2) is 59.7 Å². The Morgan fingerprint density at radius 3 is 2.64 bits per heavy atom. The maximum Gasteiger partial charge on any atom is 0.271 e. The minimum absolute atomic E-state index is 0.0506. The maximum atomic E-state index is 12.1. The molecule has 0 aromatic heterocycles. The first kappa shape index (κ1) is 20.4. The normalized spacial score (nSPS) is 11.2. The van der Waals surface area contributed by atoms with Gasteiger partial charge in [0.2, 0.25) is 0 Å². The summed E-state index contributed by atoms with van der Waals surface area (Å²) in [7, 11) is 1.46. The smallest absolute Gasteiger partial charge is 0.271 e. The molecule has 28 heavy (non-hydrogen) atoms. The first-order chi connectivity index (χ1) is 13.5. The SMILES string of the molecule is COc1cc(C=CC=NNC(=O)c2cccc(C=CC(=O)NO)c2)ccc1O. The number of benzene rings is 2. The molecule has 8 heteroatoms. The van der Waals surface area contributed by atoms with Gasteiger partial charge >= 0.3 is 0 Å². The molecule has 0 heterocycles. The van der Waals surface area contributed by atoms with Gasteiger partial charge < -0.3 is 9.84 Å². The van der Waals surface area contributed by atoms with Crippen LogP contribution in [-0.4, -0.2) is 35.5 Å². The van der Waals surface area contributed by atoms with E-state index in [1.165, 1.54) is 30.9 Å². The molecule has 0 spiro atoms. The van der Waals surface area contributed by atoms with Gasteiger partial charge in [-0.25, -0.2) is 10.9 Å². The minimum Gasteiger partial charge on any atom is -0.504 e. The van der Waals surface area contributed by atoms with E-state index in [2.05, 4.69) is 10.5 Å². The molecule has 0 saturated heterocycles. The van der Waals surface area contributed by atoms with Gasteiger partial charge in [0.05, 0.1) is 7.11 Å². The van der Waals surface area contributed by atoms with E-state index in [0.717, 1.165) is 11.6 Å². The minimum atomic E-state index is -0.669. The zero-order valence-electron chi connectivity index (χ0n) is 15.0. The van der Waals surface area contributed by atoms with Crippen molar-refractivity contribution >= 4 is 30.2 Å². The van der Waals surface area contributed by atoms with E-state index in [9.17, 15) is 14.7 Å². The number of nitrogens with one attached hydrogen (secondary N) is 2. The predicted octanol–water partition coefficient (Wildman–Crippen LogP) is 2.35. The quantitative estimate of drug-likeness (QED) is 0.254. The number of allylic oxidation sites excluding steroid dienone is 1. The standard InChI is InChI=1S/C20H19N3O5/c1-28-18-13-15(7-9-17(18)24)5-3-11-21-22-20(26)16-6-2-4-14(12-16)8-10-19(25)23-27/h2-13,24,27H,1H3,(H,22,26)(H,23,25). The summed E-state index contributed by atoms with van der Waals surface area (Å²) in [6, 6.07) is 11.4. The molecule has 0 fully saturated rings. The molecule has 0 aliphatic carbocycles. The summed E-state index contributed by atoms with van der Waals surface area (Å²) in [6.45, 7) is 0. The molecular formula is C20H19N3O5. The van der Waals surface area contributed by atoms with Gasteiger partial charge in [-0.1, -0.05) is 24.3 Å². The summed E-state index contributed by atoms with van der Waals surface area (Å²) < 4.78 is 5.03. The Labute approximate surface area is 161 Å². The summed E-state index contributed by atoms with van der Waals surface area (Å²) >= 11 is 0. The lowest BCUT2D eigenvalue weighted by atomic mass is 10.1. The van der Waals surface area contributed by atoms with Crippen molar-refractivity contribution in [2.45, 2.75) is 0 Å². The highest BCUT2D eigenvalue weighted by Crippen LogP contribution is 2.26. The van der Waals surface area contributed by atoms with Crippen molar-refractivity contribution in [2.24, 2.45) is 5.10 Å². The second kappa shape index (κ2) is 10.3. The van der Waals surface area contributed by atoms with Crippen LogP contribution in [0.2, 0.25) is 0 Å². The molecule has 2 aromatic carbocycles. The Hall–Kier alpha value is -3.91. The molecule has 4 N–H and O–H groups in total. The van der Waals surface area contributed by atoms with Crippen molar-refractivity contribution in [1.29, 1.82) is 0 Å². The highest BCUT2D eigenvalue weighted by atomic mass is 16.5. The average molecular weight is 381 g/mol. The second-order valence-corrected chi connectivity index (χ2v) is 5.44. The van der Waals surface area contributed by atoms with Crippen molar-refractivity contribution in [1.82, 2.24) is 10.9 Å². The molecule has 2 aromatic rings. The zero-order valence-corrected chi connectivity index (χ0v) is 15.0. The Bertz CT molecular complexity index is 935. The first-order valence-corrected chi connectivity index (χ1v) is 8.13. The van der Waals surface area contributed by atoms with Gasteiger partial charge in [-0.15, -0.1) is 0 Å². The summed E-state index contributed by atoms with van der Waals surface area (Å²) in [5.74, 6) is -0.678. The van der Waals surface area contributed by atoms with E-state index < -0.39 is 11.8 Å². The molecule has 144 valence electrons. The average Bonchev–Trinajstić information content (AvgIpc) is 2.72. The molecule has 2 amide bonds. The number of carbonyl (C=O) groups excluding carboxylic acids is 2. The van der Waals surface area contributed by atoms with E-state index in [1.54, 1.807) is 48.6 Å².